The lowest BCUT2D eigenvalue weighted by Crippen LogP contribution is -2.49. The van der Waals surface area contributed by atoms with Gasteiger partial charge in [0.2, 0.25) is 0 Å². The number of rotatable bonds is 4. The van der Waals surface area contributed by atoms with Crippen LogP contribution in [0.5, 0.6) is 0 Å². The number of aryl methyl sites for hydroxylation is 1. The fraction of sp³-hybridized carbons (Fsp3) is 0.800. The molecule has 0 bridgehead atoms. The van der Waals surface area contributed by atoms with Gasteiger partial charge in [-0.25, -0.2) is 0 Å². The van der Waals surface area contributed by atoms with Gasteiger partial charge in [-0.1, -0.05) is 13.8 Å². The summed E-state index contributed by atoms with van der Waals surface area (Å²) in [5, 5.41) is 4.33. The molecule has 1 aromatic rings. The molecule has 0 aliphatic carbocycles. The van der Waals surface area contributed by atoms with Crippen molar-refractivity contribution in [3.05, 3.63) is 18.0 Å². The highest BCUT2D eigenvalue weighted by atomic mass is 15.3. The third kappa shape index (κ3) is 3.00. The van der Waals surface area contributed by atoms with Crippen LogP contribution in [0.4, 0.5) is 0 Å². The van der Waals surface area contributed by atoms with Gasteiger partial charge in [0, 0.05) is 30.9 Å². The van der Waals surface area contributed by atoms with E-state index >= 15 is 0 Å². The van der Waals surface area contributed by atoms with Gasteiger partial charge < -0.3 is 5.73 Å². The van der Waals surface area contributed by atoms with Crippen LogP contribution >= 0.6 is 0 Å². The third-order valence-electron chi connectivity index (χ3n) is 4.72. The maximum absolute atomic E-state index is 6.42. The van der Waals surface area contributed by atoms with Crippen LogP contribution in [0.15, 0.2) is 12.4 Å². The molecule has 108 valence electrons. The molecular weight excluding hydrogens is 236 g/mol. The molecule has 0 amide bonds. The smallest absolute Gasteiger partial charge is 0.0538 e. The van der Waals surface area contributed by atoms with E-state index in [-0.39, 0.29) is 6.04 Å². The molecule has 4 heteroatoms. The molecule has 0 aromatic carbocycles. The van der Waals surface area contributed by atoms with Crippen molar-refractivity contribution >= 4 is 0 Å². The highest BCUT2D eigenvalue weighted by Crippen LogP contribution is 2.33. The molecule has 4 nitrogen and oxygen atoms in total. The number of nitrogens with two attached hydrogens (primary N) is 1. The van der Waals surface area contributed by atoms with Crippen molar-refractivity contribution < 1.29 is 0 Å². The van der Waals surface area contributed by atoms with Crippen molar-refractivity contribution in [1.29, 1.82) is 0 Å². The molecular formula is C15H28N4. The fourth-order valence-corrected chi connectivity index (χ4v) is 3.26. The quantitative estimate of drug-likeness (QED) is 0.908. The van der Waals surface area contributed by atoms with Crippen LogP contribution in [-0.4, -0.2) is 33.3 Å². The summed E-state index contributed by atoms with van der Waals surface area (Å²) in [4.78, 5) is 2.60. The number of nitrogens with zero attached hydrogens (tertiary/aromatic N) is 3. The first-order chi connectivity index (χ1) is 9.04. The van der Waals surface area contributed by atoms with E-state index in [0.29, 0.717) is 12.1 Å². The molecule has 1 aliphatic heterocycles. The maximum atomic E-state index is 6.42. The van der Waals surface area contributed by atoms with E-state index in [0.717, 1.165) is 18.9 Å². The topological polar surface area (TPSA) is 47.1 Å². The second kappa shape index (κ2) is 6.06. The summed E-state index contributed by atoms with van der Waals surface area (Å²) in [5.74, 6) is 0.747. The zero-order valence-electron chi connectivity index (χ0n) is 12.7. The van der Waals surface area contributed by atoms with Gasteiger partial charge in [-0.05, 0) is 38.6 Å². The first-order valence-corrected chi connectivity index (χ1v) is 7.54. The second-order valence-corrected chi connectivity index (χ2v) is 6.06. The van der Waals surface area contributed by atoms with Crippen molar-refractivity contribution in [2.24, 2.45) is 18.7 Å². The van der Waals surface area contributed by atoms with Crippen molar-refractivity contribution in [3.8, 4) is 0 Å². The van der Waals surface area contributed by atoms with Crippen molar-refractivity contribution in [2.75, 3.05) is 6.54 Å². The lowest BCUT2D eigenvalue weighted by Gasteiger charge is -2.44. The van der Waals surface area contributed by atoms with Gasteiger partial charge in [0.25, 0.3) is 0 Å². The Morgan fingerprint density at radius 1 is 1.47 bits per heavy atom. The molecule has 1 fully saturated rings. The number of piperidine rings is 1. The van der Waals surface area contributed by atoms with Gasteiger partial charge >= 0.3 is 0 Å². The lowest BCUT2D eigenvalue weighted by molar-refractivity contribution is 0.0546. The molecule has 0 spiro atoms. The highest BCUT2D eigenvalue weighted by molar-refractivity contribution is 5.14. The molecule has 19 heavy (non-hydrogen) atoms. The van der Waals surface area contributed by atoms with E-state index in [4.69, 9.17) is 5.73 Å². The summed E-state index contributed by atoms with van der Waals surface area (Å²) in [6, 6.07) is 1.07. The Hall–Kier alpha value is -0.870. The summed E-state index contributed by atoms with van der Waals surface area (Å²) in [5.41, 5.74) is 7.68. The van der Waals surface area contributed by atoms with Crippen molar-refractivity contribution in [1.82, 2.24) is 14.7 Å². The fourth-order valence-electron chi connectivity index (χ4n) is 3.26. The van der Waals surface area contributed by atoms with Gasteiger partial charge in [0.1, 0.15) is 0 Å². The van der Waals surface area contributed by atoms with Gasteiger partial charge in [0.15, 0.2) is 0 Å². The largest absolute Gasteiger partial charge is 0.326 e. The molecule has 4 atom stereocenters. The molecule has 1 aliphatic rings. The number of aromatic nitrogens is 2. The summed E-state index contributed by atoms with van der Waals surface area (Å²) in [6.07, 6.45) is 7.70. The Bertz CT molecular complexity index is 401. The standard InChI is InChI=1S/C15H28N4/c1-5-14(16)15(13-9-17-18(4)10-13)19-8-6-7-11(2)12(19)3/h9-12,14-15H,5-8,16H2,1-4H3. The molecule has 2 heterocycles. The predicted octanol–water partition coefficient (Wildman–Crippen LogP) is 2.32. The van der Waals surface area contributed by atoms with E-state index in [1.54, 1.807) is 0 Å². The Balaban J connectivity index is 2.27. The first-order valence-electron chi connectivity index (χ1n) is 7.54. The lowest BCUT2D eigenvalue weighted by atomic mass is 9.87. The van der Waals surface area contributed by atoms with E-state index in [1.165, 1.54) is 18.4 Å². The minimum absolute atomic E-state index is 0.178. The summed E-state index contributed by atoms with van der Waals surface area (Å²) >= 11 is 0. The van der Waals surface area contributed by atoms with Gasteiger partial charge in [0.05, 0.1) is 12.2 Å². The second-order valence-electron chi connectivity index (χ2n) is 6.06. The molecule has 2 rings (SSSR count). The van der Waals surface area contributed by atoms with Crippen LogP contribution in [-0.2, 0) is 7.05 Å². The monoisotopic (exact) mass is 264 g/mol. The van der Waals surface area contributed by atoms with Gasteiger partial charge in [-0.3, -0.25) is 9.58 Å². The highest BCUT2D eigenvalue weighted by Gasteiger charge is 2.34. The first kappa shape index (κ1) is 14.5. The van der Waals surface area contributed by atoms with E-state index in [2.05, 4.69) is 37.0 Å². The van der Waals surface area contributed by atoms with Gasteiger partial charge in [-0.15, -0.1) is 0 Å². The molecule has 0 radical (unpaired) electrons. The van der Waals surface area contributed by atoms with E-state index in [9.17, 15) is 0 Å². The van der Waals surface area contributed by atoms with Crippen LogP contribution in [0, 0.1) is 5.92 Å². The number of hydrogen-bond donors (Lipinski definition) is 1. The Morgan fingerprint density at radius 3 is 2.79 bits per heavy atom. The zero-order valence-corrected chi connectivity index (χ0v) is 12.7. The zero-order chi connectivity index (χ0) is 14.0. The van der Waals surface area contributed by atoms with Crippen molar-refractivity contribution in [2.45, 2.75) is 58.2 Å². The normalized spacial score (nSPS) is 28.3. The maximum Gasteiger partial charge on any atom is 0.0538 e. The minimum atomic E-state index is 0.178. The summed E-state index contributed by atoms with van der Waals surface area (Å²) < 4.78 is 1.88. The minimum Gasteiger partial charge on any atom is -0.326 e. The van der Waals surface area contributed by atoms with Crippen LogP contribution in [0.1, 0.15) is 51.6 Å². The third-order valence-corrected chi connectivity index (χ3v) is 4.72. The SMILES string of the molecule is CCC(N)C(c1cnn(C)c1)N1CCCC(C)C1C. The van der Waals surface area contributed by atoms with E-state index < -0.39 is 0 Å². The van der Waals surface area contributed by atoms with Crippen LogP contribution in [0.2, 0.25) is 0 Å². The average molecular weight is 264 g/mol. The predicted molar refractivity (Wildman–Crippen MR) is 78.8 cm³/mol. The average Bonchev–Trinajstić information content (AvgIpc) is 2.81. The molecule has 1 aromatic heterocycles. The molecule has 0 saturated carbocycles. The number of likely N-dealkylation sites (tertiary alicyclic amines) is 1. The summed E-state index contributed by atoms with van der Waals surface area (Å²) in [7, 11) is 1.97. The van der Waals surface area contributed by atoms with Crippen LogP contribution < -0.4 is 5.73 Å². The Morgan fingerprint density at radius 2 is 2.21 bits per heavy atom. The Kier molecular flexibility index (Phi) is 4.63. The Labute approximate surface area is 117 Å². The number of hydrogen-bond acceptors (Lipinski definition) is 3. The van der Waals surface area contributed by atoms with E-state index in [1.807, 2.05) is 17.9 Å². The van der Waals surface area contributed by atoms with Gasteiger partial charge in [-0.2, -0.15) is 5.10 Å². The van der Waals surface area contributed by atoms with Crippen LogP contribution in [0.25, 0.3) is 0 Å². The van der Waals surface area contributed by atoms with Crippen LogP contribution in [0.3, 0.4) is 0 Å². The molecule has 1 saturated heterocycles. The summed E-state index contributed by atoms with van der Waals surface area (Å²) in [6.45, 7) is 8.02. The van der Waals surface area contributed by atoms with Crippen molar-refractivity contribution in [3.63, 3.8) is 0 Å². The molecule has 4 unspecified atom stereocenters. The molecule has 2 N–H and O–H groups in total.